The zero-order valence-corrected chi connectivity index (χ0v) is 16.2. The molecule has 0 spiro atoms. The number of para-hydroxylation sites is 1. The molecule has 0 unspecified atom stereocenters. The summed E-state index contributed by atoms with van der Waals surface area (Å²) in [6.45, 7) is 1.60. The molecule has 0 bridgehead atoms. The normalized spacial score (nSPS) is 11.5. The minimum atomic E-state index is -0.0630. The SMILES string of the molecule is CN(C)CCCCN(C(=O)c1ccc2[nH]ncc2c1)c1cc2ccccc2o1. The molecule has 0 radical (unpaired) electrons. The van der Waals surface area contributed by atoms with Crippen LogP contribution in [0.3, 0.4) is 0 Å². The number of nitrogens with one attached hydrogen (secondary N) is 1. The van der Waals surface area contributed by atoms with Crippen LogP contribution in [0.5, 0.6) is 0 Å². The first kappa shape index (κ1) is 18.3. The first-order valence-corrected chi connectivity index (χ1v) is 9.50. The number of aromatic amines is 1. The van der Waals surface area contributed by atoms with E-state index in [9.17, 15) is 4.79 Å². The predicted octanol–water partition coefficient (Wildman–Crippen LogP) is 4.30. The third-order valence-electron chi connectivity index (χ3n) is 4.85. The van der Waals surface area contributed by atoms with Crippen LogP contribution in [0.25, 0.3) is 21.9 Å². The molecule has 0 aliphatic carbocycles. The molecule has 4 aromatic rings. The molecule has 0 saturated carbocycles. The summed E-state index contributed by atoms with van der Waals surface area (Å²) < 4.78 is 6.00. The number of hydrogen-bond acceptors (Lipinski definition) is 4. The molecule has 0 saturated heterocycles. The number of carbonyl (C=O) groups excluding carboxylic acids is 1. The van der Waals surface area contributed by atoms with Crippen LogP contribution in [0.1, 0.15) is 23.2 Å². The number of unbranched alkanes of at least 4 members (excludes halogenated alkanes) is 1. The van der Waals surface area contributed by atoms with Gasteiger partial charge < -0.3 is 9.32 Å². The summed E-state index contributed by atoms with van der Waals surface area (Å²) in [7, 11) is 4.12. The van der Waals surface area contributed by atoms with Gasteiger partial charge in [-0.3, -0.25) is 14.8 Å². The van der Waals surface area contributed by atoms with Gasteiger partial charge in [0.15, 0.2) is 0 Å². The number of anilines is 1. The lowest BCUT2D eigenvalue weighted by Crippen LogP contribution is -2.32. The number of furan rings is 1. The third kappa shape index (κ3) is 3.77. The average molecular weight is 376 g/mol. The van der Waals surface area contributed by atoms with Crippen LogP contribution >= 0.6 is 0 Å². The van der Waals surface area contributed by atoms with Crippen LogP contribution in [-0.2, 0) is 0 Å². The van der Waals surface area contributed by atoms with Crippen LogP contribution in [0.4, 0.5) is 5.88 Å². The van der Waals surface area contributed by atoms with Crippen LogP contribution in [0.15, 0.2) is 59.1 Å². The molecule has 2 aromatic heterocycles. The summed E-state index contributed by atoms with van der Waals surface area (Å²) >= 11 is 0. The molecule has 2 heterocycles. The maximum Gasteiger partial charge on any atom is 0.260 e. The van der Waals surface area contributed by atoms with Gasteiger partial charge in [-0.1, -0.05) is 18.2 Å². The Labute approximate surface area is 163 Å². The summed E-state index contributed by atoms with van der Waals surface area (Å²) in [6.07, 6.45) is 3.64. The standard InChI is InChI=1S/C22H24N4O2/c1-25(2)11-5-6-12-26(21-14-16-7-3-4-8-20(16)28-21)22(27)17-9-10-19-18(13-17)15-23-24-19/h3-4,7-10,13-15H,5-6,11-12H2,1-2H3,(H,23,24). The molecular formula is C22H24N4O2. The Bertz CT molecular complexity index is 1060. The second-order valence-electron chi connectivity index (χ2n) is 7.26. The maximum absolute atomic E-state index is 13.3. The number of fused-ring (bicyclic) bond motifs is 2. The van der Waals surface area contributed by atoms with Gasteiger partial charge in [-0.2, -0.15) is 5.10 Å². The molecular weight excluding hydrogens is 352 g/mol. The van der Waals surface area contributed by atoms with Crippen molar-refractivity contribution in [3.63, 3.8) is 0 Å². The number of rotatable bonds is 7. The first-order chi connectivity index (χ1) is 13.6. The highest BCUT2D eigenvalue weighted by Gasteiger charge is 2.21. The number of aromatic nitrogens is 2. The Morgan fingerprint density at radius 3 is 2.68 bits per heavy atom. The topological polar surface area (TPSA) is 65.4 Å². The minimum absolute atomic E-state index is 0.0630. The van der Waals surface area contributed by atoms with Crippen LogP contribution in [-0.4, -0.2) is 48.2 Å². The van der Waals surface area contributed by atoms with E-state index in [2.05, 4.69) is 29.2 Å². The third-order valence-corrected chi connectivity index (χ3v) is 4.85. The Morgan fingerprint density at radius 1 is 1.04 bits per heavy atom. The zero-order chi connectivity index (χ0) is 19.5. The molecule has 0 aliphatic heterocycles. The van der Waals surface area contributed by atoms with Gasteiger partial charge in [-0.25, -0.2) is 0 Å². The largest absolute Gasteiger partial charge is 0.440 e. The van der Waals surface area contributed by atoms with Gasteiger partial charge in [0.1, 0.15) is 5.58 Å². The van der Waals surface area contributed by atoms with Crippen molar-refractivity contribution >= 4 is 33.7 Å². The van der Waals surface area contributed by atoms with Gasteiger partial charge in [0.25, 0.3) is 5.91 Å². The van der Waals surface area contributed by atoms with E-state index in [1.165, 1.54) is 0 Å². The lowest BCUT2D eigenvalue weighted by atomic mass is 10.1. The quantitative estimate of drug-likeness (QED) is 0.489. The van der Waals surface area contributed by atoms with Crippen molar-refractivity contribution in [2.24, 2.45) is 0 Å². The van der Waals surface area contributed by atoms with Crippen molar-refractivity contribution in [3.8, 4) is 0 Å². The highest BCUT2D eigenvalue weighted by atomic mass is 16.4. The van der Waals surface area contributed by atoms with Crippen molar-refractivity contribution in [1.29, 1.82) is 0 Å². The molecule has 0 atom stereocenters. The van der Waals surface area contributed by atoms with E-state index in [4.69, 9.17) is 4.42 Å². The molecule has 6 heteroatoms. The summed E-state index contributed by atoms with van der Waals surface area (Å²) in [5, 5.41) is 8.87. The summed E-state index contributed by atoms with van der Waals surface area (Å²) in [4.78, 5) is 17.2. The van der Waals surface area contributed by atoms with Gasteiger partial charge in [0, 0.05) is 28.9 Å². The molecule has 1 amide bonds. The van der Waals surface area contributed by atoms with Gasteiger partial charge >= 0.3 is 0 Å². The van der Waals surface area contributed by atoms with E-state index in [1.54, 1.807) is 11.1 Å². The molecule has 0 fully saturated rings. The van der Waals surface area contributed by atoms with E-state index in [0.717, 1.165) is 41.3 Å². The van der Waals surface area contributed by atoms with Crippen molar-refractivity contribution in [2.75, 3.05) is 32.1 Å². The number of hydrogen-bond donors (Lipinski definition) is 1. The van der Waals surface area contributed by atoms with Crippen molar-refractivity contribution in [2.45, 2.75) is 12.8 Å². The number of benzene rings is 2. The summed E-state index contributed by atoms with van der Waals surface area (Å²) in [5.41, 5.74) is 2.33. The number of nitrogens with zero attached hydrogens (tertiary/aromatic N) is 3. The van der Waals surface area contributed by atoms with E-state index < -0.39 is 0 Å². The molecule has 0 aliphatic rings. The van der Waals surface area contributed by atoms with E-state index in [-0.39, 0.29) is 5.91 Å². The van der Waals surface area contributed by atoms with Gasteiger partial charge in [0.2, 0.25) is 5.88 Å². The highest BCUT2D eigenvalue weighted by Crippen LogP contribution is 2.28. The molecule has 6 nitrogen and oxygen atoms in total. The first-order valence-electron chi connectivity index (χ1n) is 9.50. The molecule has 1 N–H and O–H groups in total. The van der Waals surface area contributed by atoms with Gasteiger partial charge in [0.05, 0.1) is 11.7 Å². The van der Waals surface area contributed by atoms with Crippen LogP contribution in [0.2, 0.25) is 0 Å². The van der Waals surface area contributed by atoms with Crippen molar-refractivity contribution in [3.05, 3.63) is 60.3 Å². The molecule has 2 aromatic carbocycles. The van der Waals surface area contributed by atoms with Crippen LogP contribution in [0, 0.1) is 0 Å². The Hall–Kier alpha value is -3.12. The zero-order valence-electron chi connectivity index (χ0n) is 16.2. The number of carbonyl (C=O) groups is 1. The van der Waals surface area contributed by atoms with E-state index in [1.807, 2.05) is 48.5 Å². The Morgan fingerprint density at radius 2 is 1.86 bits per heavy atom. The summed E-state index contributed by atoms with van der Waals surface area (Å²) in [5.74, 6) is 0.523. The molecule has 4 rings (SSSR count). The van der Waals surface area contributed by atoms with E-state index in [0.29, 0.717) is 18.0 Å². The van der Waals surface area contributed by atoms with Gasteiger partial charge in [-0.15, -0.1) is 0 Å². The average Bonchev–Trinajstić information content (AvgIpc) is 3.33. The maximum atomic E-state index is 13.3. The second-order valence-corrected chi connectivity index (χ2v) is 7.26. The Balaban J connectivity index is 1.63. The number of H-pyrrole nitrogens is 1. The highest BCUT2D eigenvalue weighted by molar-refractivity contribution is 6.07. The minimum Gasteiger partial charge on any atom is -0.440 e. The monoisotopic (exact) mass is 376 g/mol. The van der Waals surface area contributed by atoms with Crippen LogP contribution < -0.4 is 4.90 Å². The van der Waals surface area contributed by atoms with Crippen molar-refractivity contribution < 1.29 is 9.21 Å². The number of amides is 1. The lowest BCUT2D eigenvalue weighted by molar-refractivity contribution is 0.0982. The Kier molecular flexibility index (Phi) is 5.12. The fraction of sp³-hybridized carbons (Fsp3) is 0.273. The smallest absolute Gasteiger partial charge is 0.260 e. The fourth-order valence-corrected chi connectivity index (χ4v) is 3.34. The van der Waals surface area contributed by atoms with Crippen molar-refractivity contribution in [1.82, 2.24) is 15.1 Å². The lowest BCUT2D eigenvalue weighted by Gasteiger charge is -2.20. The molecule has 28 heavy (non-hydrogen) atoms. The van der Waals surface area contributed by atoms with E-state index >= 15 is 0 Å². The predicted molar refractivity (Wildman–Crippen MR) is 112 cm³/mol. The molecule has 144 valence electrons. The fourth-order valence-electron chi connectivity index (χ4n) is 3.34. The van der Waals surface area contributed by atoms with Gasteiger partial charge in [-0.05, 0) is 57.7 Å². The second kappa shape index (κ2) is 7.86. The summed E-state index contributed by atoms with van der Waals surface area (Å²) in [6, 6.07) is 15.4.